The molecule has 0 saturated carbocycles. The van der Waals surface area contributed by atoms with Gasteiger partial charge in [-0.05, 0) is 19.3 Å². The van der Waals surface area contributed by atoms with Crippen molar-refractivity contribution in [1.82, 2.24) is 14.4 Å². The highest BCUT2D eigenvalue weighted by Crippen LogP contribution is 2.15. The van der Waals surface area contributed by atoms with Gasteiger partial charge in [-0.25, -0.2) is 4.98 Å². The van der Waals surface area contributed by atoms with Crippen LogP contribution in [-0.2, 0) is 6.42 Å². The normalized spacial score (nSPS) is 11.6. The van der Waals surface area contributed by atoms with Crippen LogP contribution in [0.25, 0.3) is 5.78 Å². The first-order valence-electron chi connectivity index (χ1n) is 5.65. The fraction of sp³-hybridized carbons (Fsp3) is 0.500. The molecule has 0 spiro atoms. The Morgan fingerprint density at radius 2 is 2.19 bits per heavy atom. The number of aryl methyl sites for hydroxylation is 1. The Kier molecular flexibility index (Phi) is 2.58. The lowest BCUT2D eigenvalue weighted by Gasteiger charge is -2.09. The van der Waals surface area contributed by atoms with Gasteiger partial charge in [0.25, 0.3) is 5.56 Å². The van der Waals surface area contributed by atoms with Crippen molar-refractivity contribution in [1.29, 1.82) is 0 Å². The summed E-state index contributed by atoms with van der Waals surface area (Å²) in [5, 5.41) is 0. The second-order valence-corrected chi connectivity index (χ2v) is 4.42. The summed E-state index contributed by atoms with van der Waals surface area (Å²) in [5.41, 5.74) is 2.74. The van der Waals surface area contributed by atoms with Gasteiger partial charge in [-0.2, -0.15) is 0 Å². The molecule has 0 atom stereocenters. The third-order valence-corrected chi connectivity index (χ3v) is 2.77. The number of H-pyrrole nitrogens is 1. The molecule has 0 fully saturated rings. The zero-order valence-corrected chi connectivity index (χ0v) is 10.2. The molecule has 0 aliphatic rings. The van der Waals surface area contributed by atoms with Gasteiger partial charge in [-0.3, -0.25) is 9.20 Å². The van der Waals surface area contributed by atoms with Crippen molar-refractivity contribution < 1.29 is 0 Å². The van der Waals surface area contributed by atoms with Crippen molar-refractivity contribution in [2.75, 3.05) is 0 Å². The Hall–Kier alpha value is -1.58. The summed E-state index contributed by atoms with van der Waals surface area (Å²) < 4.78 is 1.60. The minimum absolute atomic E-state index is 0.0561. The third-order valence-electron chi connectivity index (χ3n) is 2.77. The van der Waals surface area contributed by atoms with Crippen molar-refractivity contribution in [3.63, 3.8) is 0 Å². The van der Waals surface area contributed by atoms with Crippen LogP contribution in [0.15, 0.2) is 11.0 Å². The first kappa shape index (κ1) is 10.9. The summed E-state index contributed by atoms with van der Waals surface area (Å²) in [6, 6.07) is 0. The summed E-state index contributed by atoms with van der Waals surface area (Å²) in [5.74, 6) is 0.916. The van der Waals surface area contributed by atoms with Crippen molar-refractivity contribution in [3.8, 4) is 0 Å². The van der Waals surface area contributed by atoms with Gasteiger partial charge in [0.15, 0.2) is 0 Å². The molecule has 2 aromatic heterocycles. The summed E-state index contributed by atoms with van der Waals surface area (Å²) in [7, 11) is 0. The monoisotopic (exact) mass is 219 g/mol. The maximum atomic E-state index is 12.2. The molecule has 0 aromatic carbocycles. The SMILES string of the molecule is CCc1c(C(C)C)nc2[nH]c(C)cn2c1=O. The Morgan fingerprint density at radius 3 is 2.75 bits per heavy atom. The fourth-order valence-corrected chi connectivity index (χ4v) is 2.01. The van der Waals surface area contributed by atoms with Crippen LogP contribution in [0.3, 0.4) is 0 Å². The average molecular weight is 219 g/mol. The highest BCUT2D eigenvalue weighted by atomic mass is 16.1. The van der Waals surface area contributed by atoms with E-state index in [2.05, 4.69) is 23.8 Å². The summed E-state index contributed by atoms with van der Waals surface area (Å²) in [6.07, 6.45) is 2.53. The molecule has 0 aliphatic carbocycles. The van der Waals surface area contributed by atoms with E-state index in [1.54, 1.807) is 10.6 Å². The second-order valence-electron chi connectivity index (χ2n) is 4.42. The van der Waals surface area contributed by atoms with Gasteiger partial charge >= 0.3 is 0 Å². The van der Waals surface area contributed by atoms with E-state index in [4.69, 9.17) is 0 Å². The molecule has 86 valence electrons. The number of aromatic nitrogens is 3. The van der Waals surface area contributed by atoms with Crippen LogP contribution >= 0.6 is 0 Å². The van der Waals surface area contributed by atoms with Gasteiger partial charge in [-0.15, -0.1) is 0 Å². The van der Waals surface area contributed by atoms with Crippen LogP contribution in [0.4, 0.5) is 0 Å². The van der Waals surface area contributed by atoms with E-state index in [1.807, 2.05) is 13.8 Å². The number of nitrogens with zero attached hydrogens (tertiary/aromatic N) is 2. The summed E-state index contributed by atoms with van der Waals surface area (Å²) in [4.78, 5) is 19.8. The van der Waals surface area contributed by atoms with Crippen molar-refractivity contribution >= 4 is 5.78 Å². The molecule has 0 saturated heterocycles. The van der Waals surface area contributed by atoms with Gasteiger partial charge < -0.3 is 4.98 Å². The fourth-order valence-electron chi connectivity index (χ4n) is 2.01. The number of nitrogens with one attached hydrogen (secondary N) is 1. The molecular formula is C12H17N3O. The van der Waals surface area contributed by atoms with Crippen LogP contribution in [0.2, 0.25) is 0 Å². The molecule has 2 rings (SSSR count). The lowest BCUT2D eigenvalue weighted by Crippen LogP contribution is -2.21. The maximum absolute atomic E-state index is 12.2. The van der Waals surface area contributed by atoms with Gasteiger partial charge in [0, 0.05) is 17.5 Å². The Morgan fingerprint density at radius 1 is 1.50 bits per heavy atom. The van der Waals surface area contributed by atoms with Gasteiger partial charge in [-0.1, -0.05) is 20.8 Å². The third kappa shape index (κ3) is 1.54. The lowest BCUT2D eigenvalue weighted by atomic mass is 10.0. The molecule has 0 unspecified atom stereocenters. The number of imidazole rings is 1. The average Bonchev–Trinajstić information content (AvgIpc) is 2.58. The Labute approximate surface area is 94.3 Å². The molecule has 0 amide bonds. The molecule has 0 bridgehead atoms. The van der Waals surface area contributed by atoms with E-state index in [0.717, 1.165) is 23.4 Å². The predicted molar refractivity (Wildman–Crippen MR) is 64.0 cm³/mol. The maximum Gasteiger partial charge on any atom is 0.262 e. The zero-order valence-electron chi connectivity index (χ0n) is 10.2. The number of fused-ring (bicyclic) bond motifs is 1. The minimum atomic E-state index is 0.0561. The van der Waals surface area contributed by atoms with E-state index in [1.165, 1.54) is 0 Å². The molecule has 16 heavy (non-hydrogen) atoms. The van der Waals surface area contributed by atoms with Crippen LogP contribution in [0, 0.1) is 6.92 Å². The standard InChI is InChI=1S/C12H17N3O/c1-5-9-10(7(2)3)14-12-13-8(4)6-15(12)11(9)16/h6-7H,5H2,1-4H3,(H,13,14). The predicted octanol–water partition coefficient (Wildman–Crippen LogP) is 2.02. The van der Waals surface area contributed by atoms with Gasteiger partial charge in [0.1, 0.15) is 0 Å². The molecule has 4 heteroatoms. The Balaban J connectivity index is 2.86. The molecule has 0 aliphatic heterocycles. The van der Waals surface area contributed by atoms with Crippen LogP contribution in [-0.4, -0.2) is 14.4 Å². The molecule has 0 radical (unpaired) electrons. The molecule has 2 aromatic rings. The van der Waals surface area contributed by atoms with E-state index in [9.17, 15) is 4.79 Å². The lowest BCUT2D eigenvalue weighted by molar-refractivity contribution is 0.781. The molecule has 2 heterocycles. The zero-order chi connectivity index (χ0) is 11.9. The van der Waals surface area contributed by atoms with E-state index in [-0.39, 0.29) is 11.5 Å². The van der Waals surface area contributed by atoms with Gasteiger partial charge in [0.05, 0.1) is 5.69 Å². The molecule has 1 N–H and O–H groups in total. The quantitative estimate of drug-likeness (QED) is 0.840. The van der Waals surface area contributed by atoms with Crippen LogP contribution < -0.4 is 5.56 Å². The Bertz CT molecular complexity index is 578. The van der Waals surface area contributed by atoms with Crippen LogP contribution in [0.1, 0.15) is 43.6 Å². The number of rotatable bonds is 2. The molecule has 4 nitrogen and oxygen atoms in total. The van der Waals surface area contributed by atoms with E-state index >= 15 is 0 Å². The molecular weight excluding hydrogens is 202 g/mol. The van der Waals surface area contributed by atoms with E-state index in [0.29, 0.717) is 5.78 Å². The van der Waals surface area contributed by atoms with Gasteiger partial charge in [0.2, 0.25) is 5.78 Å². The van der Waals surface area contributed by atoms with Crippen molar-refractivity contribution in [2.45, 2.75) is 40.0 Å². The highest BCUT2D eigenvalue weighted by molar-refractivity contribution is 5.36. The van der Waals surface area contributed by atoms with E-state index < -0.39 is 0 Å². The topological polar surface area (TPSA) is 50.2 Å². The highest BCUT2D eigenvalue weighted by Gasteiger charge is 2.14. The largest absolute Gasteiger partial charge is 0.328 e. The second kappa shape index (κ2) is 3.77. The van der Waals surface area contributed by atoms with Crippen LogP contribution in [0.5, 0.6) is 0 Å². The van der Waals surface area contributed by atoms with Crippen molar-refractivity contribution in [2.24, 2.45) is 0 Å². The summed E-state index contributed by atoms with van der Waals surface area (Å²) >= 11 is 0. The first-order valence-corrected chi connectivity index (χ1v) is 5.65. The van der Waals surface area contributed by atoms with Crippen molar-refractivity contribution in [3.05, 3.63) is 33.5 Å². The number of aromatic amines is 1. The first-order chi connectivity index (χ1) is 7.54. The number of hydrogen-bond acceptors (Lipinski definition) is 2. The summed E-state index contributed by atoms with van der Waals surface area (Å²) in [6.45, 7) is 8.05. The smallest absolute Gasteiger partial charge is 0.262 e. The minimum Gasteiger partial charge on any atom is -0.328 e. The number of hydrogen-bond donors (Lipinski definition) is 1.